The van der Waals surface area contributed by atoms with E-state index in [2.05, 4.69) is 12.2 Å². The quantitative estimate of drug-likeness (QED) is 0.909. The zero-order chi connectivity index (χ0) is 17.8. The van der Waals surface area contributed by atoms with Crippen LogP contribution in [0, 0.1) is 17.7 Å². The van der Waals surface area contributed by atoms with Gasteiger partial charge in [0.05, 0.1) is 12.6 Å². The summed E-state index contributed by atoms with van der Waals surface area (Å²) in [7, 11) is 0. The number of carbonyl (C=O) groups is 1. The molecule has 1 N–H and O–H groups in total. The van der Waals surface area contributed by atoms with Crippen molar-refractivity contribution in [2.75, 3.05) is 26.2 Å². The van der Waals surface area contributed by atoms with Gasteiger partial charge in [-0.3, -0.25) is 4.79 Å². The van der Waals surface area contributed by atoms with Crippen LogP contribution in [-0.4, -0.2) is 43.1 Å². The van der Waals surface area contributed by atoms with Gasteiger partial charge in [-0.15, -0.1) is 0 Å². The monoisotopic (exact) mass is 348 g/mol. The Bertz CT molecular complexity index is 572. The van der Waals surface area contributed by atoms with Crippen molar-refractivity contribution in [1.29, 1.82) is 0 Å². The lowest BCUT2D eigenvalue weighted by Gasteiger charge is -2.38. The maximum Gasteiger partial charge on any atom is 0.223 e. The molecule has 0 saturated carbocycles. The number of ether oxygens (including phenoxy) is 1. The highest BCUT2D eigenvalue weighted by Crippen LogP contribution is 2.28. The molecule has 0 spiro atoms. The highest BCUT2D eigenvalue weighted by molar-refractivity contribution is 5.76. The molecule has 25 heavy (non-hydrogen) atoms. The summed E-state index contributed by atoms with van der Waals surface area (Å²) in [6.07, 6.45) is 2.80. The van der Waals surface area contributed by atoms with Crippen molar-refractivity contribution in [2.24, 2.45) is 11.8 Å². The predicted octanol–water partition coefficient (Wildman–Crippen LogP) is 3.14. The van der Waals surface area contributed by atoms with Crippen molar-refractivity contribution in [3.05, 3.63) is 35.6 Å². The Morgan fingerprint density at radius 3 is 2.80 bits per heavy atom. The van der Waals surface area contributed by atoms with Gasteiger partial charge >= 0.3 is 0 Å². The van der Waals surface area contributed by atoms with Crippen LogP contribution in [0.4, 0.5) is 4.39 Å². The van der Waals surface area contributed by atoms with Crippen molar-refractivity contribution in [2.45, 2.75) is 45.3 Å². The first-order valence-electron chi connectivity index (χ1n) is 9.42. The fraction of sp³-hybridized carbons (Fsp3) is 0.650. The summed E-state index contributed by atoms with van der Waals surface area (Å²) in [5.41, 5.74) is 0.926. The third-order valence-corrected chi connectivity index (χ3v) is 5.49. The Morgan fingerprint density at radius 1 is 1.36 bits per heavy atom. The molecule has 1 aromatic carbocycles. The Hall–Kier alpha value is -1.46. The van der Waals surface area contributed by atoms with Crippen LogP contribution < -0.4 is 5.32 Å². The average Bonchev–Trinajstić information content (AvgIpc) is 2.62. The van der Waals surface area contributed by atoms with E-state index in [4.69, 9.17) is 4.74 Å². The van der Waals surface area contributed by atoms with Crippen LogP contribution in [-0.2, 0) is 9.53 Å². The van der Waals surface area contributed by atoms with E-state index < -0.39 is 0 Å². The molecule has 5 heteroatoms. The standard InChI is InChI=1S/C20H29FN2O2/c1-14(17-4-3-9-22-11-17)10-20(24)23-12-15(2)25-19(13-23)16-5-7-18(21)8-6-16/h5-8,14-15,17,19,22H,3-4,9-13H2,1-2H3. The van der Waals surface area contributed by atoms with Crippen LogP contribution >= 0.6 is 0 Å². The van der Waals surface area contributed by atoms with Gasteiger partial charge in [0.1, 0.15) is 11.9 Å². The van der Waals surface area contributed by atoms with Crippen LogP contribution in [0.1, 0.15) is 44.8 Å². The Kier molecular flexibility index (Phi) is 6.07. The van der Waals surface area contributed by atoms with Crippen molar-refractivity contribution in [3.8, 4) is 0 Å². The lowest BCUT2D eigenvalue weighted by atomic mass is 9.85. The minimum Gasteiger partial charge on any atom is -0.367 e. The number of piperidine rings is 1. The first kappa shape index (κ1) is 18.3. The predicted molar refractivity (Wildman–Crippen MR) is 95.6 cm³/mol. The molecular weight excluding hydrogens is 319 g/mol. The summed E-state index contributed by atoms with van der Waals surface area (Å²) in [5, 5.41) is 3.43. The van der Waals surface area contributed by atoms with E-state index in [1.165, 1.54) is 25.0 Å². The number of nitrogens with one attached hydrogen (secondary N) is 1. The number of nitrogens with zero attached hydrogens (tertiary/aromatic N) is 1. The number of carbonyl (C=O) groups excluding carboxylic acids is 1. The summed E-state index contributed by atoms with van der Waals surface area (Å²) in [6, 6.07) is 6.39. The zero-order valence-electron chi connectivity index (χ0n) is 15.2. The van der Waals surface area contributed by atoms with Crippen LogP contribution in [0.2, 0.25) is 0 Å². The summed E-state index contributed by atoms with van der Waals surface area (Å²) >= 11 is 0. The van der Waals surface area contributed by atoms with Crippen molar-refractivity contribution >= 4 is 5.91 Å². The van der Waals surface area contributed by atoms with Crippen molar-refractivity contribution < 1.29 is 13.9 Å². The molecule has 2 aliphatic heterocycles. The molecule has 4 nitrogen and oxygen atoms in total. The number of benzene rings is 1. The summed E-state index contributed by atoms with van der Waals surface area (Å²) in [4.78, 5) is 14.7. The van der Waals surface area contributed by atoms with E-state index in [1.807, 2.05) is 11.8 Å². The summed E-state index contributed by atoms with van der Waals surface area (Å²) in [6.45, 7) is 7.47. The summed E-state index contributed by atoms with van der Waals surface area (Å²) < 4.78 is 19.1. The number of hydrogen-bond donors (Lipinski definition) is 1. The largest absolute Gasteiger partial charge is 0.367 e. The first-order valence-corrected chi connectivity index (χ1v) is 9.42. The van der Waals surface area contributed by atoms with Crippen LogP contribution in [0.15, 0.2) is 24.3 Å². The van der Waals surface area contributed by atoms with Gasteiger partial charge < -0.3 is 15.0 Å². The third-order valence-electron chi connectivity index (χ3n) is 5.49. The van der Waals surface area contributed by atoms with Gasteiger partial charge in [0.25, 0.3) is 0 Å². The molecule has 1 aromatic rings. The topological polar surface area (TPSA) is 41.6 Å². The number of hydrogen-bond acceptors (Lipinski definition) is 3. The molecule has 1 amide bonds. The van der Waals surface area contributed by atoms with Gasteiger partial charge in [-0.25, -0.2) is 4.39 Å². The molecule has 2 saturated heterocycles. The molecule has 3 rings (SSSR count). The van der Waals surface area contributed by atoms with Crippen LogP contribution in [0.25, 0.3) is 0 Å². The molecule has 4 atom stereocenters. The van der Waals surface area contributed by atoms with E-state index in [1.54, 1.807) is 12.1 Å². The molecule has 138 valence electrons. The van der Waals surface area contributed by atoms with E-state index in [0.717, 1.165) is 18.7 Å². The maximum absolute atomic E-state index is 13.1. The Balaban J connectivity index is 1.60. The molecule has 0 aliphatic carbocycles. The highest BCUT2D eigenvalue weighted by Gasteiger charge is 2.31. The molecule has 4 unspecified atom stereocenters. The van der Waals surface area contributed by atoms with E-state index in [-0.39, 0.29) is 23.9 Å². The van der Waals surface area contributed by atoms with Gasteiger partial charge in [0.2, 0.25) is 5.91 Å². The smallest absolute Gasteiger partial charge is 0.223 e. The minimum atomic E-state index is -0.254. The van der Waals surface area contributed by atoms with Crippen LogP contribution in [0.3, 0.4) is 0 Å². The second kappa shape index (κ2) is 8.28. The molecule has 2 heterocycles. The molecular formula is C20H29FN2O2. The average molecular weight is 348 g/mol. The first-order chi connectivity index (χ1) is 12.0. The van der Waals surface area contributed by atoms with Gasteiger partial charge in [0.15, 0.2) is 0 Å². The summed E-state index contributed by atoms with van der Waals surface area (Å²) in [5.74, 6) is 0.933. The molecule has 2 aliphatic rings. The molecule has 0 bridgehead atoms. The zero-order valence-corrected chi connectivity index (χ0v) is 15.2. The maximum atomic E-state index is 13.1. The van der Waals surface area contributed by atoms with E-state index in [0.29, 0.717) is 31.3 Å². The fourth-order valence-corrected chi connectivity index (χ4v) is 3.95. The van der Waals surface area contributed by atoms with Crippen LogP contribution in [0.5, 0.6) is 0 Å². The van der Waals surface area contributed by atoms with Gasteiger partial charge in [-0.2, -0.15) is 0 Å². The lowest BCUT2D eigenvalue weighted by Crippen LogP contribution is -2.46. The van der Waals surface area contributed by atoms with E-state index in [9.17, 15) is 9.18 Å². The highest BCUT2D eigenvalue weighted by atomic mass is 19.1. The Morgan fingerprint density at radius 2 is 2.12 bits per heavy atom. The number of rotatable bonds is 4. The molecule has 0 radical (unpaired) electrons. The lowest BCUT2D eigenvalue weighted by molar-refractivity contribution is -0.146. The van der Waals surface area contributed by atoms with Gasteiger partial charge in [-0.05, 0) is 62.4 Å². The minimum absolute atomic E-state index is 0.0144. The Labute approximate surface area is 149 Å². The van der Waals surface area contributed by atoms with Crippen molar-refractivity contribution in [3.63, 3.8) is 0 Å². The SMILES string of the molecule is CC1CN(C(=O)CC(C)C2CCCNC2)CC(c2ccc(F)cc2)O1. The van der Waals surface area contributed by atoms with Gasteiger partial charge in [0, 0.05) is 13.0 Å². The van der Waals surface area contributed by atoms with Gasteiger partial charge in [-0.1, -0.05) is 19.1 Å². The fourth-order valence-electron chi connectivity index (χ4n) is 3.95. The normalized spacial score (nSPS) is 28.6. The third kappa shape index (κ3) is 4.79. The van der Waals surface area contributed by atoms with E-state index >= 15 is 0 Å². The molecule has 2 fully saturated rings. The molecule has 0 aromatic heterocycles. The second-order valence-corrected chi connectivity index (χ2v) is 7.57. The number of morpholine rings is 1. The van der Waals surface area contributed by atoms with Crippen molar-refractivity contribution in [1.82, 2.24) is 10.2 Å². The number of halogens is 1. The second-order valence-electron chi connectivity index (χ2n) is 7.57. The number of amides is 1.